The second-order valence-electron chi connectivity index (χ2n) is 6.79. The van der Waals surface area contributed by atoms with Crippen LogP contribution in [0, 0.1) is 6.92 Å². The number of amides is 1. The molecule has 1 aromatic heterocycles. The maximum Gasteiger partial charge on any atom is 0.420 e. The zero-order valence-electron chi connectivity index (χ0n) is 15.5. The van der Waals surface area contributed by atoms with Crippen LogP contribution < -0.4 is 11.1 Å². The molecule has 0 spiro atoms. The average Bonchev–Trinajstić information content (AvgIpc) is 3.03. The Bertz CT molecular complexity index is 1170. The molecule has 3 aromatic carbocycles. The monoisotopic (exact) mass is 372 g/mol. The third kappa shape index (κ3) is 3.74. The van der Waals surface area contributed by atoms with Crippen LogP contribution in [0.15, 0.2) is 82.0 Å². The van der Waals surface area contributed by atoms with Crippen molar-refractivity contribution in [3.05, 3.63) is 106 Å². The average molecular weight is 372 g/mol. The van der Waals surface area contributed by atoms with E-state index in [9.17, 15) is 9.59 Å². The minimum atomic E-state index is -0.433. The van der Waals surface area contributed by atoms with Crippen LogP contribution in [0.1, 0.15) is 27.0 Å². The smallest absolute Gasteiger partial charge is 0.408 e. The minimum Gasteiger partial charge on any atom is -0.408 e. The Hall–Kier alpha value is -3.60. The standard InChI is InChI=1S/C23H20N2O3/c1-16-7-9-18(10-8-16)15-25-20-13-19(11-12-21(20)28-23(25)27)22(26)24-14-17-5-3-2-4-6-17/h2-13H,14-15H2,1H3,(H,24,26). The number of fused-ring (bicyclic) bond motifs is 1. The van der Waals surface area contributed by atoms with Crippen molar-refractivity contribution in [1.82, 2.24) is 9.88 Å². The van der Waals surface area contributed by atoms with Crippen LogP contribution in [0.4, 0.5) is 0 Å². The predicted octanol–water partition coefficient (Wildman–Crippen LogP) is 3.88. The van der Waals surface area contributed by atoms with E-state index < -0.39 is 5.76 Å². The third-order valence-corrected chi connectivity index (χ3v) is 4.69. The van der Waals surface area contributed by atoms with Crippen molar-refractivity contribution in [2.24, 2.45) is 0 Å². The van der Waals surface area contributed by atoms with Crippen molar-refractivity contribution in [2.45, 2.75) is 20.0 Å². The Balaban J connectivity index is 1.59. The Morgan fingerprint density at radius 2 is 1.71 bits per heavy atom. The van der Waals surface area contributed by atoms with Gasteiger partial charge >= 0.3 is 5.76 Å². The molecule has 1 N–H and O–H groups in total. The van der Waals surface area contributed by atoms with Gasteiger partial charge in [-0.05, 0) is 36.2 Å². The molecule has 1 heterocycles. The first-order valence-electron chi connectivity index (χ1n) is 9.11. The van der Waals surface area contributed by atoms with Crippen molar-refractivity contribution in [1.29, 1.82) is 0 Å². The first-order valence-corrected chi connectivity index (χ1v) is 9.11. The Morgan fingerprint density at radius 3 is 2.46 bits per heavy atom. The summed E-state index contributed by atoms with van der Waals surface area (Å²) in [4.78, 5) is 24.8. The molecule has 0 atom stereocenters. The number of carbonyl (C=O) groups is 1. The molecular weight excluding hydrogens is 352 g/mol. The summed E-state index contributed by atoms with van der Waals surface area (Å²) >= 11 is 0. The summed E-state index contributed by atoms with van der Waals surface area (Å²) in [6.07, 6.45) is 0. The molecule has 0 fully saturated rings. The largest absolute Gasteiger partial charge is 0.420 e. The second-order valence-corrected chi connectivity index (χ2v) is 6.79. The molecule has 4 aromatic rings. The quantitative estimate of drug-likeness (QED) is 0.578. The van der Waals surface area contributed by atoms with E-state index in [4.69, 9.17) is 4.42 Å². The SMILES string of the molecule is Cc1ccc(Cn2c(=O)oc3ccc(C(=O)NCc4ccccc4)cc32)cc1. The van der Waals surface area contributed by atoms with Gasteiger partial charge in [-0.2, -0.15) is 0 Å². The minimum absolute atomic E-state index is 0.193. The highest BCUT2D eigenvalue weighted by Gasteiger charge is 2.13. The van der Waals surface area contributed by atoms with Gasteiger partial charge in [0, 0.05) is 12.1 Å². The number of nitrogens with zero attached hydrogens (tertiary/aromatic N) is 1. The molecule has 0 aliphatic heterocycles. The van der Waals surface area contributed by atoms with Crippen molar-refractivity contribution in [2.75, 3.05) is 0 Å². The lowest BCUT2D eigenvalue weighted by molar-refractivity contribution is 0.0951. The number of aryl methyl sites for hydroxylation is 1. The highest BCUT2D eigenvalue weighted by atomic mass is 16.4. The molecule has 0 unspecified atom stereocenters. The lowest BCUT2D eigenvalue weighted by atomic mass is 10.1. The number of hydrogen-bond donors (Lipinski definition) is 1. The molecule has 5 nitrogen and oxygen atoms in total. The molecule has 0 radical (unpaired) electrons. The highest BCUT2D eigenvalue weighted by molar-refractivity contribution is 5.97. The fraction of sp³-hybridized carbons (Fsp3) is 0.130. The van der Waals surface area contributed by atoms with Gasteiger partial charge < -0.3 is 9.73 Å². The van der Waals surface area contributed by atoms with Gasteiger partial charge in [0.2, 0.25) is 0 Å². The zero-order chi connectivity index (χ0) is 19.5. The highest BCUT2D eigenvalue weighted by Crippen LogP contribution is 2.17. The summed E-state index contributed by atoms with van der Waals surface area (Å²) < 4.78 is 6.88. The number of carbonyl (C=O) groups excluding carboxylic acids is 1. The van der Waals surface area contributed by atoms with E-state index in [-0.39, 0.29) is 5.91 Å². The maximum atomic E-state index is 12.5. The van der Waals surface area contributed by atoms with Crippen molar-refractivity contribution in [3.63, 3.8) is 0 Å². The topological polar surface area (TPSA) is 64.2 Å². The number of aromatic nitrogens is 1. The van der Waals surface area contributed by atoms with E-state index in [0.29, 0.717) is 29.8 Å². The number of hydrogen-bond acceptors (Lipinski definition) is 3. The summed E-state index contributed by atoms with van der Waals surface area (Å²) in [5.41, 5.74) is 4.74. The van der Waals surface area contributed by atoms with Crippen molar-refractivity contribution < 1.29 is 9.21 Å². The normalized spacial score (nSPS) is 10.9. The number of nitrogens with one attached hydrogen (secondary N) is 1. The molecule has 1 amide bonds. The van der Waals surface area contributed by atoms with Gasteiger partial charge in [0.1, 0.15) is 0 Å². The van der Waals surface area contributed by atoms with Crippen LogP contribution in [0.2, 0.25) is 0 Å². The molecule has 0 aliphatic carbocycles. The van der Waals surface area contributed by atoms with Crippen LogP contribution in [-0.4, -0.2) is 10.5 Å². The zero-order valence-corrected chi connectivity index (χ0v) is 15.5. The summed E-state index contributed by atoms with van der Waals surface area (Å²) in [5.74, 6) is -0.626. The van der Waals surface area contributed by atoms with Crippen LogP contribution in [0.5, 0.6) is 0 Å². The Kier molecular flexibility index (Phi) is 4.81. The van der Waals surface area contributed by atoms with Gasteiger partial charge in [0.25, 0.3) is 5.91 Å². The van der Waals surface area contributed by atoms with E-state index in [1.54, 1.807) is 22.8 Å². The van der Waals surface area contributed by atoms with Gasteiger partial charge in [-0.3, -0.25) is 9.36 Å². The van der Waals surface area contributed by atoms with Crippen molar-refractivity contribution >= 4 is 17.0 Å². The molecule has 140 valence electrons. The molecule has 28 heavy (non-hydrogen) atoms. The first-order chi connectivity index (χ1) is 13.6. The van der Waals surface area contributed by atoms with Gasteiger partial charge in [0.05, 0.1) is 12.1 Å². The lowest BCUT2D eigenvalue weighted by Gasteiger charge is -2.07. The summed E-state index contributed by atoms with van der Waals surface area (Å²) in [7, 11) is 0. The van der Waals surface area contributed by atoms with Crippen molar-refractivity contribution in [3.8, 4) is 0 Å². The third-order valence-electron chi connectivity index (χ3n) is 4.69. The van der Waals surface area contributed by atoms with E-state index >= 15 is 0 Å². The molecule has 0 saturated heterocycles. The molecule has 0 bridgehead atoms. The van der Waals surface area contributed by atoms with Gasteiger partial charge in [0.15, 0.2) is 5.58 Å². The van der Waals surface area contributed by atoms with Crippen LogP contribution in [0.3, 0.4) is 0 Å². The van der Waals surface area contributed by atoms with E-state index in [2.05, 4.69) is 5.32 Å². The molecular formula is C23H20N2O3. The van der Waals surface area contributed by atoms with E-state index in [1.807, 2.05) is 61.5 Å². The van der Waals surface area contributed by atoms with Gasteiger partial charge in [-0.15, -0.1) is 0 Å². The number of rotatable bonds is 5. The van der Waals surface area contributed by atoms with E-state index in [1.165, 1.54) is 0 Å². The summed E-state index contributed by atoms with van der Waals surface area (Å²) in [5, 5.41) is 2.91. The predicted molar refractivity (Wildman–Crippen MR) is 108 cm³/mol. The molecule has 5 heteroatoms. The fourth-order valence-corrected chi connectivity index (χ4v) is 3.11. The van der Waals surface area contributed by atoms with Crippen LogP contribution in [-0.2, 0) is 13.1 Å². The second kappa shape index (κ2) is 7.56. The Morgan fingerprint density at radius 1 is 0.964 bits per heavy atom. The van der Waals surface area contributed by atoms with E-state index in [0.717, 1.165) is 16.7 Å². The van der Waals surface area contributed by atoms with Crippen LogP contribution in [0.25, 0.3) is 11.1 Å². The summed E-state index contributed by atoms with van der Waals surface area (Å²) in [6.45, 7) is 2.85. The number of oxazole rings is 1. The summed E-state index contributed by atoms with van der Waals surface area (Å²) in [6, 6.07) is 22.7. The van der Waals surface area contributed by atoms with Crippen LogP contribution >= 0.6 is 0 Å². The first kappa shape index (κ1) is 17.8. The number of benzene rings is 3. The molecule has 0 saturated carbocycles. The van der Waals surface area contributed by atoms with Gasteiger partial charge in [-0.1, -0.05) is 60.2 Å². The fourth-order valence-electron chi connectivity index (χ4n) is 3.11. The van der Waals surface area contributed by atoms with Gasteiger partial charge in [-0.25, -0.2) is 4.79 Å². The Labute approximate surface area is 162 Å². The molecule has 0 aliphatic rings. The maximum absolute atomic E-state index is 12.5. The lowest BCUT2D eigenvalue weighted by Crippen LogP contribution is -2.22. The molecule has 4 rings (SSSR count).